The SMILES string of the molecule is C=CC1CC(=O)N(c2c(Br)cc(Br)cc2C#N)C1. The summed E-state index contributed by atoms with van der Waals surface area (Å²) in [6.45, 7) is 4.30. The Morgan fingerprint density at radius 3 is 2.78 bits per heavy atom. The number of nitrogens with zero attached hydrogens (tertiary/aromatic N) is 2. The first kappa shape index (κ1) is 13.3. The van der Waals surface area contributed by atoms with Gasteiger partial charge in [-0.1, -0.05) is 22.0 Å². The van der Waals surface area contributed by atoms with Crippen LogP contribution in [-0.2, 0) is 4.79 Å². The fourth-order valence-electron chi connectivity index (χ4n) is 2.03. The fourth-order valence-corrected chi connectivity index (χ4v) is 3.47. The molecule has 0 bridgehead atoms. The maximum atomic E-state index is 12.0. The Labute approximate surface area is 122 Å². The van der Waals surface area contributed by atoms with Gasteiger partial charge in [0.1, 0.15) is 6.07 Å². The van der Waals surface area contributed by atoms with E-state index in [4.69, 9.17) is 0 Å². The van der Waals surface area contributed by atoms with Gasteiger partial charge in [-0.15, -0.1) is 6.58 Å². The van der Waals surface area contributed by atoms with Crippen LogP contribution in [0.3, 0.4) is 0 Å². The van der Waals surface area contributed by atoms with Crippen LogP contribution in [0.4, 0.5) is 5.69 Å². The van der Waals surface area contributed by atoms with Gasteiger partial charge in [0.25, 0.3) is 0 Å². The lowest BCUT2D eigenvalue weighted by Gasteiger charge is -2.19. The van der Waals surface area contributed by atoms with Crippen molar-refractivity contribution in [2.75, 3.05) is 11.4 Å². The summed E-state index contributed by atoms with van der Waals surface area (Å²) >= 11 is 6.75. The van der Waals surface area contributed by atoms with E-state index >= 15 is 0 Å². The Bertz CT molecular complexity index is 563. The van der Waals surface area contributed by atoms with Gasteiger partial charge in [-0.3, -0.25) is 4.79 Å². The van der Waals surface area contributed by atoms with Crippen LogP contribution in [0.2, 0.25) is 0 Å². The van der Waals surface area contributed by atoms with Gasteiger partial charge in [0.05, 0.1) is 11.3 Å². The van der Waals surface area contributed by atoms with E-state index in [-0.39, 0.29) is 11.8 Å². The number of carbonyl (C=O) groups is 1. The third-order valence-electron chi connectivity index (χ3n) is 2.91. The quantitative estimate of drug-likeness (QED) is 0.747. The molecule has 1 atom stereocenters. The molecule has 0 aliphatic carbocycles. The summed E-state index contributed by atoms with van der Waals surface area (Å²) in [5.41, 5.74) is 1.13. The van der Waals surface area contributed by atoms with Gasteiger partial charge in [0.15, 0.2) is 0 Å². The number of hydrogen-bond donors (Lipinski definition) is 0. The second kappa shape index (κ2) is 5.25. The minimum atomic E-state index is 0.0272. The molecule has 1 aliphatic heterocycles. The summed E-state index contributed by atoms with van der Waals surface area (Å²) in [6, 6.07) is 5.68. The first-order chi connectivity index (χ1) is 8.56. The molecule has 0 N–H and O–H groups in total. The van der Waals surface area contributed by atoms with Gasteiger partial charge < -0.3 is 4.90 Å². The monoisotopic (exact) mass is 368 g/mol. The predicted molar refractivity (Wildman–Crippen MR) is 77.2 cm³/mol. The second-order valence-electron chi connectivity index (χ2n) is 4.10. The number of amides is 1. The Morgan fingerprint density at radius 2 is 2.22 bits per heavy atom. The van der Waals surface area contributed by atoms with Crippen LogP contribution in [0, 0.1) is 17.2 Å². The molecule has 18 heavy (non-hydrogen) atoms. The third kappa shape index (κ3) is 2.36. The van der Waals surface area contributed by atoms with Crippen molar-refractivity contribution in [1.82, 2.24) is 0 Å². The van der Waals surface area contributed by atoms with E-state index in [9.17, 15) is 10.1 Å². The molecule has 1 unspecified atom stereocenters. The van der Waals surface area contributed by atoms with Crippen molar-refractivity contribution in [3.63, 3.8) is 0 Å². The van der Waals surface area contributed by atoms with Crippen LogP contribution >= 0.6 is 31.9 Å². The van der Waals surface area contributed by atoms with Crippen LogP contribution in [0.25, 0.3) is 0 Å². The number of anilines is 1. The van der Waals surface area contributed by atoms with Crippen molar-refractivity contribution in [3.8, 4) is 6.07 Å². The van der Waals surface area contributed by atoms with Crippen molar-refractivity contribution >= 4 is 43.5 Å². The van der Waals surface area contributed by atoms with Crippen LogP contribution in [-0.4, -0.2) is 12.5 Å². The summed E-state index contributed by atoms with van der Waals surface area (Å²) in [6.07, 6.45) is 2.24. The summed E-state index contributed by atoms with van der Waals surface area (Å²) in [5.74, 6) is 0.180. The van der Waals surface area contributed by atoms with Crippen LogP contribution in [0.15, 0.2) is 33.7 Å². The minimum Gasteiger partial charge on any atom is -0.309 e. The smallest absolute Gasteiger partial charge is 0.227 e. The number of benzene rings is 1. The molecule has 1 amide bonds. The molecule has 1 aliphatic rings. The number of carbonyl (C=O) groups excluding carboxylic acids is 1. The largest absolute Gasteiger partial charge is 0.309 e. The van der Waals surface area contributed by atoms with Crippen molar-refractivity contribution in [2.24, 2.45) is 5.92 Å². The molecule has 1 aromatic carbocycles. The highest BCUT2D eigenvalue weighted by atomic mass is 79.9. The zero-order chi connectivity index (χ0) is 13.3. The highest BCUT2D eigenvalue weighted by molar-refractivity contribution is 9.11. The number of halogens is 2. The highest BCUT2D eigenvalue weighted by Crippen LogP contribution is 2.36. The number of hydrogen-bond acceptors (Lipinski definition) is 2. The zero-order valence-corrected chi connectivity index (χ0v) is 12.7. The molecule has 92 valence electrons. The Balaban J connectivity index is 2.49. The fraction of sp³-hybridized carbons (Fsp3) is 0.231. The average Bonchev–Trinajstić information content (AvgIpc) is 2.69. The van der Waals surface area contributed by atoms with E-state index in [1.807, 2.05) is 6.07 Å². The van der Waals surface area contributed by atoms with Crippen LogP contribution in [0.5, 0.6) is 0 Å². The molecule has 0 aromatic heterocycles. The lowest BCUT2D eigenvalue weighted by atomic mass is 10.1. The van der Waals surface area contributed by atoms with E-state index in [0.29, 0.717) is 24.2 Å². The lowest BCUT2D eigenvalue weighted by molar-refractivity contribution is -0.117. The van der Waals surface area contributed by atoms with Gasteiger partial charge in [-0.2, -0.15) is 5.26 Å². The van der Waals surface area contributed by atoms with Crippen molar-refractivity contribution in [2.45, 2.75) is 6.42 Å². The normalized spacial score (nSPS) is 18.8. The molecule has 0 spiro atoms. The summed E-state index contributed by atoms with van der Waals surface area (Å²) < 4.78 is 1.55. The molecule has 1 heterocycles. The van der Waals surface area contributed by atoms with Gasteiger partial charge >= 0.3 is 0 Å². The predicted octanol–water partition coefficient (Wildman–Crippen LogP) is 3.62. The molecule has 2 rings (SSSR count). The molecule has 0 radical (unpaired) electrons. The Morgan fingerprint density at radius 1 is 1.50 bits per heavy atom. The lowest BCUT2D eigenvalue weighted by Crippen LogP contribution is -2.25. The third-order valence-corrected chi connectivity index (χ3v) is 3.97. The summed E-state index contributed by atoms with van der Waals surface area (Å²) in [7, 11) is 0. The van der Waals surface area contributed by atoms with Crippen LogP contribution < -0.4 is 4.90 Å². The topological polar surface area (TPSA) is 44.1 Å². The second-order valence-corrected chi connectivity index (χ2v) is 5.87. The molecule has 1 aromatic rings. The molecule has 0 saturated carbocycles. The first-order valence-corrected chi connectivity index (χ1v) is 6.97. The van der Waals surface area contributed by atoms with E-state index in [1.165, 1.54) is 0 Å². The molecule has 5 heteroatoms. The maximum absolute atomic E-state index is 12.0. The van der Waals surface area contributed by atoms with E-state index in [2.05, 4.69) is 44.5 Å². The average molecular weight is 370 g/mol. The van der Waals surface area contributed by atoms with Crippen LogP contribution in [0.1, 0.15) is 12.0 Å². The first-order valence-electron chi connectivity index (χ1n) is 5.39. The van der Waals surface area contributed by atoms with Crippen molar-refractivity contribution < 1.29 is 4.79 Å². The number of nitriles is 1. The molecular weight excluding hydrogens is 360 g/mol. The van der Waals surface area contributed by atoms with Gasteiger partial charge in [0, 0.05) is 27.8 Å². The Kier molecular flexibility index (Phi) is 3.88. The maximum Gasteiger partial charge on any atom is 0.227 e. The van der Waals surface area contributed by atoms with Crippen molar-refractivity contribution in [1.29, 1.82) is 5.26 Å². The van der Waals surface area contributed by atoms with Gasteiger partial charge in [-0.05, 0) is 28.1 Å². The molecule has 3 nitrogen and oxygen atoms in total. The van der Waals surface area contributed by atoms with Crippen molar-refractivity contribution in [3.05, 3.63) is 39.3 Å². The van der Waals surface area contributed by atoms with Gasteiger partial charge in [-0.25, -0.2) is 0 Å². The van der Waals surface area contributed by atoms with Gasteiger partial charge in [0.2, 0.25) is 5.91 Å². The number of rotatable bonds is 2. The standard InChI is InChI=1S/C13H10Br2N2O/c1-2-8-3-12(18)17(7-8)13-9(6-16)4-10(14)5-11(13)15/h2,4-5,8H,1,3,7H2. The molecule has 1 saturated heterocycles. The summed E-state index contributed by atoms with van der Waals surface area (Å²) in [5, 5.41) is 9.19. The Hall–Kier alpha value is -1.12. The molecule has 1 fully saturated rings. The van der Waals surface area contributed by atoms with E-state index < -0.39 is 0 Å². The van der Waals surface area contributed by atoms with E-state index in [0.717, 1.165) is 8.95 Å². The highest BCUT2D eigenvalue weighted by Gasteiger charge is 2.31. The minimum absolute atomic E-state index is 0.0272. The summed E-state index contributed by atoms with van der Waals surface area (Å²) in [4.78, 5) is 13.6. The zero-order valence-electron chi connectivity index (χ0n) is 9.49. The van der Waals surface area contributed by atoms with E-state index in [1.54, 1.807) is 17.0 Å². The molecular formula is C13H10Br2N2O.